The normalized spacial score (nSPS) is 14.9. The van der Waals surface area contributed by atoms with Crippen molar-refractivity contribution in [2.24, 2.45) is 0 Å². The fourth-order valence-corrected chi connectivity index (χ4v) is 4.99. The first-order chi connectivity index (χ1) is 14.2. The third-order valence-electron chi connectivity index (χ3n) is 5.63. The van der Waals surface area contributed by atoms with Crippen molar-refractivity contribution in [3.63, 3.8) is 0 Å². The van der Waals surface area contributed by atoms with Crippen molar-refractivity contribution in [3.8, 4) is 0 Å². The molecule has 1 heterocycles. The molecule has 0 radical (unpaired) electrons. The number of likely N-dealkylation sites (N-methyl/N-ethyl adjacent to an activating group) is 1. The minimum Gasteiger partial charge on any atom is -0.347 e. The highest BCUT2D eigenvalue weighted by molar-refractivity contribution is 7.90. The molecule has 10 heteroatoms. The monoisotopic (exact) mass is 431 g/mol. The SMILES string of the molecule is CN(C)C(=O)Cn1ccc(S(=O)(=O)NC(=O)Nc2c3c(cc4c2CCC4)CCC3)n1. The van der Waals surface area contributed by atoms with Gasteiger partial charge in [0.2, 0.25) is 5.91 Å². The van der Waals surface area contributed by atoms with E-state index in [9.17, 15) is 18.0 Å². The number of carbonyl (C=O) groups excluding carboxylic acids is 2. The summed E-state index contributed by atoms with van der Waals surface area (Å²) in [5.41, 5.74) is 5.51. The van der Waals surface area contributed by atoms with Crippen molar-refractivity contribution in [2.45, 2.75) is 50.1 Å². The second-order valence-corrected chi connectivity index (χ2v) is 9.56. The van der Waals surface area contributed by atoms with Gasteiger partial charge in [0.1, 0.15) is 6.54 Å². The maximum absolute atomic E-state index is 12.6. The number of hydrogen-bond acceptors (Lipinski definition) is 5. The third kappa shape index (κ3) is 3.91. The molecule has 2 N–H and O–H groups in total. The molecule has 0 fully saturated rings. The Bertz CT molecular complexity index is 1090. The van der Waals surface area contributed by atoms with E-state index in [2.05, 4.69) is 16.5 Å². The number of nitrogens with one attached hydrogen (secondary N) is 2. The third-order valence-corrected chi connectivity index (χ3v) is 6.85. The molecule has 0 saturated carbocycles. The molecular weight excluding hydrogens is 406 g/mol. The predicted molar refractivity (Wildman–Crippen MR) is 111 cm³/mol. The molecule has 2 aliphatic rings. The molecule has 0 atom stereocenters. The molecule has 0 unspecified atom stereocenters. The molecule has 2 aromatic rings. The quantitative estimate of drug-likeness (QED) is 0.744. The average Bonchev–Trinajstić information content (AvgIpc) is 3.41. The van der Waals surface area contributed by atoms with Crippen molar-refractivity contribution < 1.29 is 18.0 Å². The van der Waals surface area contributed by atoms with E-state index in [0.29, 0.717) is 0 Å². The van der Waals surface area contributed by atoms with Crippen molar-refractivity contribution in [3.05, 3.63) is 40.6 Å². The van der Waals surface area contributed by atoms with Gasteiger partial charge in [-0.3, -0.25) is 9.48 Å². The van der Waals surface area contributed by atoms with Crippen LogP contribution in [0, 0.1) is 0 Å². The largest absolute Gasteiger partial charge is 0.347 e. The molecule has 2 aliphatic carbocycles. The van der Waals surface area contributed by atoms with E-state index in [-0.39, 0.29) is 17.5 Å². The molecule has 0 spiro atoms. The Balaban J connectivity index is 1.50. The maximum Gasteiger partial charge on any atom is 0.333 e. The van der Waals surface area contributed by atoms with Crippen LogP contribution in [0.4, 0.5) is 10.5 Å². The zero-order valence-corrected chi connectivity index (χ0v) is 17.9. The number of anilines is 1. The number of fused-ring (bicyclic) bond motifs is 2. The van der Waals surface area contributed by atoms with E-state index in [1.807, 2.05) is 4.72 Å². The zero-order chi connectivity index (χ0) is 21.5. The van der Waals surface area contributed by atoms with Gasteiger partial charge in [-0.15, -0.1) is 0 Å². The van der Waals surface area contributed by atoms with Crippen molar-refractivity contribution in [2.75, 3.05) is 19.4 Å². The van der Waals surface area contributed by atoms with E-state index in [4.69, 9.17) is 0 Å². The lowest BCUT2D eigenvalue weighted by molar-refractivity contribution is -0.129. The van der Waals surface area contributed by atoms with Crippen LogP contribution >= 0.6 is 0 Å². The second kappa shape index (κ2) is 7.75. The number of hydrogen-bond donors (Lipinski definition) is 2. The molecule has 0 bridgehead atoms. The predicted octanol–water partition coefficient (Wildman–Crippen LogP) is 1.46. The van der Waals surface area contributed by atoms with E-state index >= 15 is 0 Å². The Hall–Kier alpha value is -2.88. The van der Waals surface area contributed by atoms with Crippen molar-refractivity contribution >= 4 is 27.6 Å². The summed E-state index contributed by atoms with van der Waals surface area (Å²) in [4.78, 5) is 25.7. The standard InChI is InChI=1S/C20H25N5O4S/c1-24(2)18(26)12-25-10-9-17(22-25)30(28,29)23-20(27)21-19-15-7-3-5-13(15)11-14-6-4-8-16(14)19/h9-11H,3-8,12H2,1-2H3,(H2,21,23,27). The summed E-state index contributed by atoms with van der Waals surface area (Å²) in [5, 5.41) is 6.40. The van der Waals surface area contributed by atoms with Gasteiger partial charge in [-0.2, -0.15) is 13.5 Å². The minimum atomic E-state index is -4.16. The lowest BCUT2D eigenvalue weighted by Gasteiger charge is -2.16. The fourth-order valence-electron chi connectivity index (χ4n) is 4.13. The van der Waals surface area contributed by atoms with Gasteiger partial charge in [-0.05, 0) is 66.8 Å². The minimum absolute atomic E-state index is 0.0863. The van der Waals surface area contributed by atoms with E-state index in [1.165, 1.54) is 33.0 Å². The Morgan fingerprint density at radius 1 is 1.10 bits per heavy atom. The van der Waals surface area contributed by atoms with Crippen molar-refractivity contribution in [1.82, 2.24) is 19.4 Å². The number of amides is 3. The Kier molecular flexibility index (Phi) is 5.27. The maximum atomic E-state index is 12.6. The first-order valence-electron chi connectivity index (χ1n) is 9.98. The summed E-state index contributed by atoms with van der Waals surface area (Å²) >= 11 is 0. The second-order valence-electron chi connectivity index (χ2n) is 7.93. The summed E-state index contributed by atoms with van der Waals surface area (Å²) in [6, 6.07) is 2.70. The molecule has 0 aliphatic heterocycles. The molecule has 1 aromatic heterocycles. The molecule has 3 amide bonds. The van der Waals surface area contributed by atoms with Crippen LogP contribution in [0.5, 0.6) is 0 Å². The number of benzene rings is 1. The Morgan fingerprint density at radius 2 is 1.73 bits per heavy atom. The van der Waals surface area contributed by atoms with Gasteiger partial charge in [0.25, 0.3) is 10.0 Å². The van der Waals surface area contributed by atoms with Crippen LogP contribution in [0.15, 0.2) is 23.4 Å². The molecule has 160 valence electrons. The van der Waals surface area contributed by atoms with Crippen LogP contribution in [-0.2, 0) is 47.0 Å². The highest BCUT2D eigenvalue weighted by Gasteiger charge is 2.27. The number of rotatable bonds is 5. The average molecular weight is 432 g/mol. The molecular formula is C20H25N5O4S. The summed E-state index contributed by atoms with van der Waals surface area (Å²) in [6.07, 6.45) is 7.21. The summed E-state index contributed by atoms with van der Waals surface area (Å²) < 4.78 is 28.5. The summed E-state index contributed by atoms with van der Waals surface area (Å²) in [5.74, 6) is -0.223. The Labute approximate surface area is 175 Å². The number of aromatic nitrogens is 2. The van der Waals surface area contributed by atoms with Crippen LogP contribution in [0.1, 0.15) is 35.1 Å². The Morgan fingerprint density at radius 3 is 2.33 bits per heavy atom. The van der Waals surface area contributed by atoms with Gasteiger partial charge in [-0.1, -0.05) is 6.07 Å². The molecule has 0 saturated heterocycles. The summed E-state index contributed by atoms with van der Waals surface area (Å²) in [6.45, 7) is -0.0863. The highest BCUT2D eigenvalue weighted by Crippen LogP contribution is 2.38. The van der Waals surface area contributed by atoms with Crippen LogP contribution in [0.25, 0.3) is 0 Å². The fraction of sp³-hybridized carbons (Fsp3) is 0.450. The van der Waals surface area contributed by atoms with Gasteiger partial charge in [0.15, 0.2) is 5.03 Å². The molecule has 4 rings (SSSR count). The number of urea groups is 1. The van der Waals surface area contributed by atoms with E-state index in [1.54, 1.807) is 14.1 Å². The number of sulfonamides is 1. The zero-order valence-electron chi connectivity index (χ0n) is 17.1. The topological polar surface area (TPSA) is 113 Å². The first-order valence-corrected chi connectivity index (χ1v) is 11.5. The molecule has 1 aromatic carbocycles. The van der Waals surface area contributed by atoms with Crippen molar-refractivity contribution in [1.29, 1.82) is 0 Å². The number of nitrogens with zero attached hydrogens (tertiary/aromatic N) is 3. The van der Waals surface area contributed by atoms with Gasteiger partial charge in [0, 0.05) is 26.0 Å². The van der Waals surface area contributed by atoms with Crippen LogP contribution < -0.4 is 10.0 Å². The van der Waals surface area contributed by atoms with E-state index in [0.717, 1.165) is 55.3 Å². The van der Waals surface area contributed by atoms with Gasteiger partial charge in [-0.25, -0.2) is 9.52 Å². The highest BCUT2D eigenvalue weighted by atomic mass is 32.2. The number of aryl methyl sites for hydroxylation is 2. The van der Waals surface area contributed by atoms with Gasteiger partial charge < -0.3 is 10.2 Å². The smallest absolute Gasteiger partial charge is 0.333 e. The van der Waals surface area contributed by atoms with Gasteiger partial charge in [0.05, 0.1) is 0 Å². The van der Waals surface area contributed by atoms with Gasteiger partial charge >= 0.3 is 6.03 Å². The summed E-state index contributed by atoms with van der Waals surface area (Å²) in [7, 11) is -0.955. The van der Waals surface area contributed by atoms with Crippen LogP contribution in [-0.4, -0.2) is 49.1 Å². The van der Waals surface area contributed by atoms with Crippen LogP contribution in [0.3, 0.4) is 0 Å². The van der Waals surface area contributed by atoms with Crippen LogP contribution in [0.2, 0.25) is 0 Å². The molecule has 9 nitrogen and oxygen atoms in total. The first kappa shape index (κ1) is 20.4. The molecule has 30 heavy (non-hydrogen) atoms. The lowest BCUT2D eigenvalue weighted by atomic mass is 9.99. The number of carbonyl (C=O) groups is 2. The lowest BCUT2D eigenvalue weighted by Crippen LogP contribution is -2.35. The van der Waals surface area contributed by atoms with E-state index < -0.39 is 16.1 Å².